The number of fused-ring (bicyclic) bond motifs is 1. The summed E-state index contributed by atoms with van der Waals surface area (Å²) in [6.07, 6.45) is -6.26. The third-order valence-electron chi connectivity index (χ3n) is 4.47. The molecule has 2 aromatic heterocycles. The van der Waals surface area contributed by atoms with Crippen molar-refractivity contribution < 1.29 is 40.2 Å². The fourth-order valence-corrected chi connectivity index (χ4v) is 2.80. The molecule has 168 valence electrons. The molecule has 3 heterocycles. The van der Waals surface area contributed by atoms with Gasteiger partial charge >= 0.3 is 0 Å². The van der Waals surface area contributed by atoms with Crippen molar-refractivity contribution in [3.8, 4) is 0 Å². The second-order valence-corrected chi connectivity index (χ2v) is 6.70. The fraction of sp³-hybridized carbons (Fsp3) is 0.625. The highest BCUT2D eigenvalue weighted by Gasteiger charge is 2.44. The number of aldehydes is 1. The number of aliphatic hydroxyl groups is 6. The molecule has 3 rings (SSSR count). The van der Waals surface area contributed by atoms with Gasteiger partial charge in [0, 0.05) is 6.42 Å². The summed E-state index contributed by atoms with van der Waals surface area (Å²) in [5.41, 5.74) is 5.12. The van der Waals surface area contributed by atoms with Gasteiger partial charge in [-0.15, -0.1) is 0 Å². The Bertz CT molecular complexity index is 901. The molecule has 1 saturated heterocycles. The van der Waals surface area contributed by atoms with Crippen LogP contribution in [-0.2, 0) is 9.53 Å². The molecule has 0 saturated carbocycles. The number of ether oxygens (including phenoxy) is 1. The number of nitrogens with zero attached hydrogens (tertiary/aromatic N) is 3. The molecule has 14 nitrogen and oxygen atoms in total. The molecule has 1 fully saturated rings. The summed E-state index contributed by atoms with van der Waals surface area (Å²) in [5, 5.41) is 55.1. The zero-order chi connectivity index (χ0) is 22.6. The first-order valence-electron chi connectivity index (χ1n) is 8.94. The number of imidazole rings is 1. The van der Waals surface area contributed by atoms with Crippen molar-refractivity contribution in [2.45, 2.75) is 56.2 Å². The van der Waals surface area contributed by atoms with E-state index in [4.69, 9.17) is 30.9 Å². The van der Waals surface area contributed by atoms with Crippen LogP contribution in [0.15, 0.2) is 11.1 Å². The molecule has 9 N–H and O–H groups in total. The Labute approximate surface area is 169 Å². The van der Waals surface area contributed by atoms with E-state index in [0.717, 1.165) is 0 Å². The van der Waals surface area contributed by atoms with Crippen LogP contribution in [-0.4, -0.2) is 99.7 Å². The van der Waals surface area contributed by atoms with E-state index in [0.29, 0.717) is 6.29 Å². The lowest BCUT2D eigenvalue weighted by molar-refractivity contribution is -0.113. The largest absolute Gasteiger partial charge is 0.394 e. The molecule has 0 radical (unpaired) electrons. The van der Waals surface area contributed by atoms with E-state index < -0.39 is 55.0 Å². The van der Waals surface area contributed by atoms with Crippen LogP contribution in [0.3, 0.4) is 0 Å². The van der Waals surface area contributed by atoms with Crippen molar-refractivity contribution in [1.82, 2.24) is 19.5 Å². The number of carbonyl (C=O) groups is 1. The van der Waals surface area contributed by atoms with E-state index in [1.54, 1.807) is 0 Å². The minimum Gasteiger partial charge on any atom is -0.394 e. The van der Waals surface area contributed by atoms with Gasteiger partial charge in [-0.05, 0) is 6.92 Å². The first-order chi connectivity index (χ1) is 14.1. The third kappa shape index (κ3) is 4.99. The summed E-state index contributed by atoms with van der Waals surface area (Å²) in [6, 6.07) is 0. The number of aromatic nitrogens is 4. The Morgan fingerprint density at radius 1 is 1.33 bits per heavy atom. The first kappa shape index (κ1) is 23.8. The molecule has 0 spiro atoms. The molecule has 0 aliphatic carbocycles. The van der Waals surface area contributed by atoms with Crippen LogP contribution in [0.5, 0.6) is 0 Å². The molecule has 1 aliphatic rings. The number of hydrogen-bond donors (Lipinski definition) is 8. The number of H-pyrrole nitrogens is 1. The van der Waals surface area contributed by atoms with E-state index in [1.807, 2.05) is 0 Å². The summed E-state index contributed by atoms with van der Waals surface area (Å²) in [5.74, 6) is -0.101. The Morgan fingerprint density at radius 3 is 2.53 bits per heavy atom. The fourth-order valence-electron chi connectivity index (χ4n) is 2.80. The standard InChI is InChI=1S/C10H13N5O5.C6H12O4/c11-10-13-7-4(8(19)14-10)12-2-15(7)9-6(18)5(17)3(1-16)20-9;1-4(8)6(10)5(9)2-3-7/h2-3,5-6,9,16-18H,1H2,(H3,11,13,14,19);3-6,8-10H,2H2,1H3/t3-,5-,6-,9-;/m1./s1. The zero-order valence-corrected chi connectivity index (χ0v) is 15.9. The van der Waals surface area contributed by atoms with Crippen LogP contribution < -0.4 is 11.3 Å². The van der Waals surface area contributed by atoms with Crippen LogP contribution >= 0.6 is 0 Å². The highest BCUT2D eigenvalue weighted by molar-refractivity contribution is 5.70. The number of hydrogen-bond acceptors (Lipinski definition) is 12. The van der Waals surface area contributed by atoms with E-state index in [2.05, 4.69) is 15.0 Å². The summed E-state index contributed by atoms with van der Waals surface area (Å²) >= 11 is 0. The number of anilines is 1. The Hall–Kier alpha value is -2.46. The predicted octanol–water partition coefficient (Wildman–Crippen LogP) is -4.01. The number of aliphatic hydroxyl groups excluding tert-OH is 6. The number of carbonyl (C=O) groups excluding carboxylic acids is 1. The van der Waals surface area contributed by atoms with Crippen molar-refractivity contribution in [3.05, 3.63) is 16.7 Å². The lowest BCUT2D eigenvalue weighted by atomic mass is 10.1. The van der Waals surface area contributed by atoms with E-state index in [-0.39, 0.29) is 23.5 Å². The van der Waals surface area contributed by atoms with Crippen molar-refractivity contribution in [2.24, 2.45) is 0 Å². The van der Waals surface area contributed by atoms with Gasteiger partial charge in [-0.1, -0.05) is 0 Å². The van der Waals surface area contributed by atoms with Gasteiger partial charge < -0.3 is 45.9 Å². The Morgan fingerprint density at radius 2 is 2.00 bits per heavy atom. The molecule has 30 heavy (non-hydrogen) atoms. The van der Waals surface area contributed by atoms with Gasteiger partial charge in [0.15, 0.2) is 17.4 Å². The van der Waals surface area contributed by atoms with Crippen molar-refractivity contribution in [2.75, 3.05) is 12.3 Å². The topological polar surface area (TPSA) is 237 Å². The monoisotopic (exact) mass is 431 g/mol. The highest BCUT2D eigenvalue weighted by Crippen LogP contribution is 2.30. The molecule has 0 bridgehead atoms. The smallest absolute Gasteiger partial charge is 0.280 e. The third-order valence-corrected chi connectivity index (χ3v) is 4.47. The minimum absolute atomic E-state index is 0.0388. The predicted molar refractivity (Wildman–Crippen MR) is 99.9 cm³/mol. The van der Waals surface area contributed by atoms with Gasteiger partial charge in [0.25, 0.3) is 5.56 Å². The van der Waals surface area contributed by atoms with E-state index >= 15 is 0 Å². The Balaban J connectivity index is 0.000000274. The minimum atomic E-state index is -1.29. The van der Waals surface area contributed by atoms with Crippen LogP contribution in [0.4, 0.5) is 5.95 Å². The highest BCUT2D eigenvalue weighted by atomic mass is 16.6. The van der Waals surface area contributed by atoms with E-state index in [9.17, 15) is 19.8 Å². The van der Waals surface area contributed by atoms with Gasteiger partial charge in [0.05, 0.1) is 25.1 Å². The average molecular weight is 431 g/mol. The lowest BCUT2D eigenvalue weighted by Crippen LogP contribution is -2.35. The molecule has 14 heteroatoms. The SMILES string of the molecule is CC(O)C(O)C(O)CC=O.Nc1nc2c(ncn2[C@@H]2O[C@H](CO)[C@@H](O)[C@H]2O)c(=O)[nH]1. The Kier molecular flexibility index (Phi) is 7.96. The maximum Gasteiger partial charge on any atom is 0.280 e. The maximum atomic E-state index is 11.7. The number of nitrogen functional groups attached to an aromatic ring is 1. The maximum absolute atomic E-state index is 11.7. The summed E-state index contributed by atoms with van der Waals surface area (Å²) in [7, 11) is 0. The van der Waals surface area contributed by atoms with Crippen LogP contribution in [0.25, 0.3) is 11.2 Å². The number of aromatic amines is 1. The van der Waals surface area contributed by atoms with Gasteiger partial charge in [0.1, 0.15) is 30.7 Å². The molecule has 2 aromatic rings. The lowest BCUT2D eigenvalue weighted by Gasteiger charge is -2.17. The molecule has 0 aromatic carbocycles. The van der Waals surface area contributed by atoms with Crippen LogP contribution in [0.1, 0.15) is 19.6 Å². The first-order valence-corrected chi connectivity index (χ1v) is 8.94. The van der Waals surface area contributed by atoms with Crippen molar-refractivity contribution in [3.63, 3.8) is 0 Å². The molecule has 0 amide bonds. The molecule has 7 atom stereocenters. The van der Waals surface area contributed by atoms with Crippen molar-refractivity contribution in [1.29, 1.82) is 0 Å². The van der Waals surface area contributed by atoms with Gasteiger partial charge in [0.2, 0.25) is 5.95 Å². The molecular weight excluding hydrogens is 406 g/mol. The van der Waals surface area contributed by atoms with E-state index in [1.165, 1.54) is 17.8 Å². The summed E-state index contributed by atoms with van der Waals surface area (Å²) in [6.45, 7) is 0.899. The molecule has 1 aliphatic heterocycles. The second-order valence-electron chi connectivity index (χ2n) is 6.70. The number of rotatable bonds is 6. The number of nitrogens with two attached hydrogens (primary N) is 1. The average Bonchev–Trinajstić information content (AvgIpc) is 3.23. The normalized spacial score (nSPS) is 26.6. The molecule has 3 unspecified atom stereocenters. The zero-order valence-electron chi connectivity index (χ0n) is 15.9. The van der Waals surface area contributed by atoms with Crippen LogP contribution in [0.2, 0.25) is 0 Å². The number of nitrogens with one attached hydrogen (secondary N) is 1. The van der Waals surface area contributed by atoms with Gasteiger partial charge in [-0.3, -0.25) is 14.3 Å². The quantitative estimate of drug-likeness (QED) is 0.204. The molecular formula is C16H25N5O9. The summed E-state index contributed by atoms with van der Waals surface area (Å²) in [4.78, 5) is 31.6. The summed E-state index contributed by atoms with van der Waals surface area (Å²) < 4.78 is 6.64. The van der Waals surface area contributed by atoms with Gasteiger partial charge in [-0.25, -0.2) is 4.98 Å². The second kappa shape index (κ2) is 10.0. The van der Waals surface area contributed by atoms with Crippen LogP contribution in [0, 0.1) is 0 Å². The van der Waals surface area contributed by atoms with Crippen molar-refractivity contribution >= 4 is 23.4 Å². The van der Waals surface area contributed by atoms with Gasteiger partial charge in [-0.2, -0.15) is 4.98 Å².